The van der Waals surface area contributed by atoms with E-state index in [-0.39, 0.29) is 5.69 Å². The van der Waals surface area contributed by atoms with E-state index >= 15 is 0 Å². The molecule has 9 heteroatoms. The van der Waals surface area contributed by atoms with Gasteiger partial charge in [0, 0.05) is 5.56 Å². The van der Waals surface area contributed by atoms with Gasteiger partial charge in [0.1, 0.15) is 12.0 Å². The number of aromatic nitrogens is 5. The van der Waals surface area contributed by atoms with Crippen molar-refractivity contribution in [3.63, 3.8) is 0 Å². The van der Waals surface area contributed by atoms with Gasteiger partial charge in [-0.2, -0.15) is 5.21 Å². The van der Waals surface area contributed by atoms with Crippen molar-refractivity contribution in [3.05, 3.63) is 33.8 Å². The average molecular weight is 235 g/mol. The lowest BCUT2D eigenvalue weighted by molar-refractivity contribution is -0.385. The number of pyridine rings is 1. The monoisotopic (exact) mass is 235 g/mol. The molecule has 0 atom stereocenters. The minimum atomic E-state index is -0.467. The molecule has 0 aliphatic rings. The van der Waals surface area contributed by atoms with Crippen LogP contribution in [-0.2, 0) is 6.54 Å². The number of aromatic amines is 1. The van der Waals surface area contributed by atoms with E-state index in [1.165, 1.54) is 6.20 Å². The molecule has 17 heavy (non-hydrogen) atoms. The first-order valence-electron chi connectivity index (χ1n) is 4.74. The van der Waals surface area contributed by atoms with Gasteiger partial charge in [-0.25, -0.2) is 4.98 Å². The van der Waals surface area contributed by atoms with Gasteiger partial charge >= 0.3 is 0 Å². The Morgan fingerprint density at radius 1 is 1.59 bits per heavy atom. The summed E-state index contributed by atoms with van der Waals surface area (Å²) in [4.78, 5) is 14.0. The summed E-state index contributed by atoms with van der Waals surface area (Å²) in [7, 11) is 0. The first kappa shape index (κ1) is 10.9. The van der Waals surface area contributed by atoms with Crippen molar-refractivity contribution >= 4 is 11.5 Å². The first-order chi connectivity index (χ1) is 8.16. The highest BCUT2D eigenvalue weighted by Gasteiger charge is 2.11. The lowest BCUT2D eigenvalue weighted by atomic mass is 10.2. The van der Waals surface area contributed by atoms with E-state index in [9.17, 15) is 10.1 Å². The lowest BCUT2D eigenvalue weighted by Gasteiger charge is -2.03. The number of rotatable bonds is 4. The van der Waals surface area contributed by atoms with E-state index in [1.807, 2.05) is 0 Å². The number of nitrogens with zero attached hydrogens (tertiary/aromatic N) is 5. The maximum Gasteiger partial charge on any atom is 0.290 e. The Morgan fingerprint density at radius 2 is 2.41 bits per heavy atom. The second-order valence-corrected chi connectivity index (χ2v) is 3.29. The van der Waals surface area contributed by atoms with Gasteiger partial charge in [0.25, 0.3) is 5.69 Å². The first-order valence-corrected chi connectivity index (χ1v) is 4.74. The van der Waals surface area contributed by atoms with E-state index < -0.39 is 4.92 Å². The highest BCUT2D eigenvalue weighted by atomic mass is 16.6. The SMILES string of the molecule is Cc1cc(NCc2nn[nH]n2)ncc1[N+](=O)[O-]. The Hall–Kier alpha value is -2.58. The lowest BCUT2D eigenvalue weighted by Crippen LogP contribution is -2.04. The summed E-state index contributed by atoms with van der Waals surface area (Å²) in [6, 6.07) is 1.60. The van der Waals surface area contributed by atoms with Crippen molar-refractivity contribution in [3.8, 4) is 0 Å². The number of nitrogens with one attached hydrogen (secondary N) is 2. The molecule has 9 nitrogen and oxygen atoms in total. The molecular weight excluding hydrogens is 226 g/mol. The van der Waals surface area contributed by atoms with E-state index in [4.69, 9.17) is 0 Å². The minimum Gasteiger partial charge on any atom is -0.363 e. The van der Waals surface area contributed by atoms with Crippen LogP contribution in [0.15, 0.2) is 12.3 Å². The summed E-state index contributed by atoms with van der Waals surface area (Å²) >= 11 is 0. The molecule has 0 aliphatic carbocycles. The summed E-state index contributed by atoms with van der Waals surface area (Å²) in [6.45, 7) is 2.00. The normalized spacial score (nSPS) is 10.2. The van der Waals surface area contributed by atoms with Crippen LogP contribution in [0.2, 0.25) is 0 Å². The molecule has 0 spiro atoms. The molecule has 2 aromatic rings. The molecular formula is C8H9N7O2. The summed E-state index contributed by atoms with van der Waals surface area (Å²) < 4.78 is 0. The molecule has 0 aliphatic heterocycles. The van der Waals surface area contributed by atoms with Crippen molar-refractivity contribution in [1.82, 2.24) is 25.6 Å². The molecule has 0 unspecified atom stereocenters. The van der Waals surface area contributed by atoms with Crippen LogP contribution in [0.1, 0.15) is 11.4 Å². The number of anilines is 1. The molecule has 2 rings (SSSR count). The largest absolute Gasteiger partial charge is 0.363 e. The maximum atomic E-state index is 10.6. The van der Waals surface area contributed by atoms with Crippen molar-refractivity contribution in [2.45, 2.75) is 13.5 Å². The molecule has 0 saturated heterocycles. The topological polar surface area (TPSA) is 123 Å². The smallest absolute Gasteiger partial charge is 0.290 e. The molecule has 2 heterocycles. The molecule has 2 aromatic heterocycles. The fourth-order valence-corrected chi connectivity index (χ4v) is 1.26. The van der Waals surface area contributed by atoms with Crippen LogP contribution in [0.25, 0.3) is 0 Å². The Labute approximate surface area is 95.4 Å². The van der Waals surface area contributed by atoms with Crippen LogP contribution in [0, 0.1) is 17.0 Å². The highest BCUT2D eigenvalue weighted by molar-refractivity contribution is 5.46. The Kier molecular flexibility index (Phi) is 2.90. The van der Waals surface area contributed by atoms with Gasteiger partial charge in [0.05, 0.1) is 11.5 Å². The molecule has 0 radical (unpaired) electrons. The fourth-order valence-electron chi connectivity index (χ4n) is 1.26. The third-order valence-electron chi connectivity index (χ3n) is 2.10. The van der Waals surface area contributed by atoms with Crippen LogP contribution in [-0.4, -0.2) is 30.5 Å². The van der Waals surface area contributed by atoms with Gasteiger partial charge in [-0.1, -0.05) is 5.21 Å². The Bertz CT molecular complexity index is 525. The minimum absolute atomic E-state index is 0.00453. The number of tetrazole rings is 1. The number of hydrogen-bond donors (Lipinski definition) is 2. The number of hydrogen-bond acceptors (Lipinski definition) is 7. The standard InChI is InChI=1S/C8H9N7O2/c1-5-2-7(9-3-6(5)15(16)17)10-4-8-11-13-14-12-8/h2-3H,4H2,1H3,(H,9,10)(H,11,12,13,14). The quantitative estimate of drug-likeness (QED) is 0.581. The molecule has 0 saturated carbocycles. The Balaban J connectivity index is 2.07. The van der Waals surface area contributed by atoms with Gasteiger partial charge in [-0.05, 0) is 13.0 Å². The zero-order chi connectivity index (χ0) is 12.3. The van der Waals surface area contributed by atoms with Crippen molar-refractivity contribution in [2.24, 2.45) is 0 Å². The summed E-state index contributed by atoms with van der Waals surface area (Å²) in [5.41, 5.74) is 0.538. The van der Waals surface area contributed by atoms with E-state index in [1.54, 1.807) is 13.0 Å². The highest BCUT2D eigenvalue weighted by Crippen LogP contribution is 2.18. The average Bonchev–Trinajstić information content (AvgIpc) is 2.78. The van der Waals surface area contributed by atoms with E-state index in [0.717, 1.165) is 0 Å². The van der Waals surface area contributed by atoms with Crippen LogP contribution in [0.5, 0.6) is 0 Å². The van der Waals surface area contributed by atoms with Crippen molar-refractivity contribution in [2.75, 3.05) is 5.32 Å². The van der Waals surface area contributed by atoms with Gasteiger partial charge in [0.2, 0.25) is 0 Å². The maximum absolute atomic E-state index is 10.6. The van der Waals surface area contributed by atoms with Crippen molar-refractivity contribution < 1.29 is 4.92 Å². The third kappa shape index (κ3) is 2.51. The molecule has 0 aromatic carbocycles. The van der Waals surface area contributed by atoms with Crippen LogP contribution in [0.4, 0.5) is 11.5 Å². The van der Waals surface area contributed by atoms with Gasteiger partial charge in [-0.3, -0.25) is 10.1 Å². The number of aryl methyl sites for hydroxylation is 1. The zero-order valence-corrected chi connectivity index (χ0v) is 8.91. The second-order valence-electron chi connectivity index (χ2n) is 3.29. The predicted octanol–water partition coefficient (Wildman–Crippen LogP) is 0.423. The van der Waals surface area contributed by atoms with E-state index in [0.29, 0.717) is 23.8 Å². The predicted molar refractivity (Wildman–Crippen MR) is 57.1 cm³/mol. The second kappa shape index (κ2) is 4.51. The van der Waals surface area contributed by atoms with E-state index in [2.05, 4.69) is 30.9 Å². The van der Waals surface area contributed by atoms with Gasteiger partial charge in [0.15, 0.2) is 5.82 Å². The van der Waals surface area contributed by atoms with Gasteiger partial charge in [-0.15, -0.1) is 10.2 Å². The summed E-state index contributed by atoms with van der Waals surface area (Å²) in [6.07, 6.45) is 1.22. The zero-order valence-electron chi connectivity index (χ0n) is 8.91. The third-order valence-corrected chi connectivity index (χ3v) is 2.10. The van der Waals surface area contributed by atoms with Gasteiger partial charge < -0.3 is 5.32 Å². The molecule has 0 fully saturated rings. The molecule has 0 amide bonds. The van der Waals surface area contributed by atoms with Crippen LogP contribution in [0.3, 0.4) is 0 Å². The van der Waals surface area contributed by atoms with Crippen LogP contribution >= 0.6 is 0 Å². The molecule has 0 bridgehead atoms. The fraction of sp³-hybridized carbons (Fsp3) is 0.250. The Morgan fingerprint density at radius 3 is 3.00 bits per heavy atom. The molecule has 88 valence electrons. The number of H-pyrrole nitrogens is 1. The summed E-state index contributed by atoms with van der Waals surface area (Å²) in [5.74, 6) is 1.01. The van der Waals surface area contributed by atoms with Crippen LogP contribution < -0.4 is 5.32 Å². The summed E-state index contributed by atoms with van der Waals surface area (Å²) in [5, 5.41) is 26.8. The molecule has 2 N–H and O–H groups in total. The van der Waals surface area contributed by atoms with Crippen molar-refractivity contribution in [1.29, 1.82) is 0 Å². The number of nitro groups is 1.